The maximum absolute atomic E-state index is 12.2. The van der Waals surface area contributed by atoms with Crippen molar-refractivity contribution in [3.63, 3.8) is 0 Å². The van der Waals surface area contributed by atoms with Crippen molar-refractivity contribution in [3.05, 3.63) is 34.9 Å². The van der Waals surface area contributed by atoms with Gasteiger partial charge in [-0.2, -0.15) is 0 Å². The lowest BCUT2D eigenvalue weighted by molar-refractivity contribution is -0.119. The molecule has 1 amide bonds. The number of thiocarbonyl (C=S) groups is 1. The first-order valence-electron chi connectivity index (χ1n) is 8.96. The van der Waals surface area contributed by atoms with Crippen molar-refractivity contribution >= 4 is 34.2 Å². The normalized spacial score (nSPS) is 18.1. The minimum atomic E-state index is 0.0469. The van der Waals surface area contributed by atoms with Crippen LogP contribution in [0.3, 0.4) is 0 Å². The summed E-state index contributed by atoms with van der Waals surface area (Å²) in [5, 5.41) is 3.11. The highest BCUT2D eigenvalue weighted by atomic mass is 32.2. The SMILES string of the molecule is CC(NC(=O)CSC(=S)N1CCCC1)c1ccc2c(c1)CCCC2. The number of nitrogens with one attached hydrogen (secondary N) is 1. The highest BCUT2D eigenvalue weighted by molar-refractivity contribution is 8.23. The number of benzene rings is 1. The van der Waals surface area contributed by atoms with Crippen LogP contribution in [0.2, 0.25) is 0 Å². The Morgan fingerprint density at radius 2 is 1.92 bits per heavy atom. The molecule has 0 radical (unpaired) electrons. The van der Waals surface area contributed by atoms with Gasteiger partial charge in [0.25, 0.3) is 0 Å². The van der Waals surface area contributed by atoms with Crippen LogP contribution in [0, 0.1) is 0 Å². The number of thioether (sulfide) groups is 1. The van der Waals surface area contributed by atoms with E-state index in [1.54, 1.807) is 0 Å². The Hall–Kier alpha value is -1.07. The molecule has 0 spiro atoms. The van der Waals surface area contributed by atoms with Gasteiger partial charge in [-0.05, 0) is 62.1 Å². The number of carbonyl (C=O) groups is 1. The molecule has 0 saturated carbocycles. The Bertz CT molecular complexity index is 611. The van der Waals surface area contributed by atoms with Crippen LogP contribution in [-0.2, 0) is 17.6 Å². The molecule has 1 fully saturated rings. The number of fused-ring (bicyclic) bond motifs is 1. The molecule has 5 heteroatoms. The van der Waals surface area contributed by atoms with E-state index in [4.69, 9.17) is 12.2 Å². The molecule has 1 aromatic rings. The van der Waals surface area contributed by atoms with Crippen molar-refractivity contribution < 1.29 is 4.79 Å². The van der Waals surface area contributed by atoms with Gasteiger partial charge in [-0.25, -0.2) is 0 Å². The summed E-state index contributed by atoms with van der Waals surface area (Å²) >= 11 is 6.90. The first-order chi connectivity index (χ1) is 11.6. The molecular weight excluding hydrogens is 336 g/mol. The van der Waals surface area contributed by atoms with Gasteiger partial charge < -0.3 is 10.2 Å². The highest BCUT2D eigenvalue weighted by Crippen LogP contribution is 2.25. The van der Waals surface area contributed by atoms with Gasteiger partial charge in [0.05, 0.1) is 11.8 Å². The summed E-state index contributed by atoms with van der Waals surface area (Å²) in [5.74, 6) is 0.469. The van der Waals surface area contributed by atoms with Crippen molar-refractivity contribution in [2.45, 2.75) is 51.5 Å². The second-order valence-electron chi connectivity index (χ2n) is 6.77. The molecule has 3 nitrogen and oxygen atoms in total. The zero-order valence-corrected chi connectivity index (χ0v) is 16.0. The standard InChI is InChI=1S/C19H26N2OS2/c1-14(16-9-8-15-6-2-3-7-17(15)12-16)20-18(22)13-24-19(23)21-10-4-5-11-21/h8-9,12,14H,2-7,10-11,13H2,1H3,(H,20,22). The smallest absolute Gasteiger partial charge is 0.230 e. The summed E-state index contributed by atoms with van der Waals surface area (Å²) in [6.07, 6.45) is 7.36. The van der Waals surface area contributed by atoms with Gasteiger partial charge in [0.1, 0.15) is 4.32 Å². The van der Waals surface area contributed by atoms with Gasteiger partial charge in [0, 0.05) is 13.1 Å². The molecule has 130 valence electrons. The van der Waals surface area contributed by atoms with Crippen molar-refractivity contribution in [2.24, 2.45) is 0 Å². The Morgan fingerprint density at radius 3 is 2.67 bits per heavy atom. The van der Waals surface area contributed by atoms with Gasteiger partial charge in [0.2, 0.25) is 5.91 Å². The predicted molar refractivity (Wildman–Crippen MR) is 106 cm³/mol. The van der Waals surface area contributed by atoms with Gasteiger partial charge in [0.15, 0.2) is 0 Å². The highest BCUT2D eigenvalue weighted by Gasteiger charge is 2.18. The molecule has 1 aromatic carbocycles. The largest absolute Gasteiger partial charge is 0.358 e. The number of amides is 1. The third-order valence-corrected chi connectivity index (χ3v) is 6.46. The second kappa shape index (κ2) is 8.34. The Morgan fingerprint density at radius 1 is 1.21 bits per heavy atom. The number of hydrogen-bond donors (Lipinski definition) is 1. The third kappa shape index (κ3) is 4.51. The summed E-state index contributed by atoms with van der Waals surface area (Å²) in [6.45, 7) is 4.14. The molecule has 0 bridgehead atoms. The first-order valence-corrected chi connectivity index (χ1v) is 10.4. The first kappa shape index (κ1) is 17.7. The minimum Gasteiger partial charge on any atom is -0.358 e. The molecule has 1 N–H and O–H groups in total. The van der Waals surface area contributed by atoms with Gasteiger partial charge in [-0.1, -0.05) is 42.2 Å². The number of aryl methyl sites for hydroxylation is 2. The molecule has 1 aliphatic heterocycles. The van der Waals surface area contributed by atoms with Crippen LogP contribution in [-0.4, -0.2) is 34.0 Å². The number of hydrogen-bond acceptors (Lipinski definition) is 3. The third-order valence-electron chi connectivity index (χ3n) is 4.94. The maximum atomic E-state index is 12.2. The van der Waals surface area contributed by atoms with E-state index in [2.05, 4.69) is 35.3 Å². The van der Waals surface area contributed by atoms with Crippen LogP contribution in [0.25, 0.3) is 0 Å². The number of carbonyl (C=O) groups excluding carboxylic acids is 1. The lowest BCUT2D eigenvalue weighted by Crippen LogP contribution is -2.30. The Kier molecular flexibility index (Phi) is 6.17. The molecule has 1 atom stereocenters. The number of nitrogens with zero attached hydrogens (tertiary/aromatic N) is 1. The molecule has 1 unspecified atom stereocenters. The van der Waals surface area contributed by atoms with Crippen LogP contribution in [0.15, 0.2) is 18.2 Å². The van der Waals surface area contributed by atoms with Crippen molar-refractivity contribution in [1.29, 1.82) is 0 Å². The second-order valence-corrected chi connectivity index (χ2v) is 8.38. The van der Waals surface area contributed by atoms with Crippen molar-refractivity contribution in [2.75, 3.05) is 18.8 Å². The van der Waals surface area contributed by atoms with Gasteiger partial charge in [-0.15, -0.1) is 0 Å². The van der Waals surface area contributed by atoms with Crippen LogP contribution < -0.4 is 5.32 Å². The fourth-order valence-corrected chi connectivity index (χ4v) is 4.57. The van der Waals surface area contributed by atoms with Crippen molar-refractivity contribution in [1.82, 2.24) is 10.2 Å². The average molecular weight is 363 g/mol. The van der Waals surface area contributed by atoms with Gasteiger partial charge >= 0.3 is 0 Å². The monoisotopic (exact) mass is 362 g/mol. The zero-order chi connectivity index (χ0) is 16.9. The fourth-order valence-electron chi connectivity index (χ4n) is 3.51. The summed E-state index contributed by atoms with van der Waals surface area (Å²) in [4.78, 5) is 14.4. The van der Waals surface area contributed by atoms with E-state index in [1.165, 1.54) is 67.0 Å². The topological polar surface area (TPSA) is 32.3 Å². The van der Waals surface area contributed by atoms with Gasteiger partial charge in [-0.3, -0.25) is 4.79 Å². The summed E-state index contributed by atoms with van der Waals surface area (Å²) < 4.78 is 0.865. The van der Waals surface area contributed by atoms with E-state index < -0.39 is 0 Å². The van der Waals surface area contributed by atoms with Crippen LogP contribution in [0.4, 0.5) is 0 Å². The van der Waals surface area contributed by atoms with Crippen LogP contribution >= 0.6 is 24.0 Å². The fraction of sp³-hybridized carbons (Fsp3) is 0.579. The molecule has 1 saturated heterocycles. The van der Waals surface area contributed by atoms with E-state index >= 15 is 0 Å². The molecular formula is C19H26N2OS2. The lowest BCUT2D eigenvalue weighted by Gasteiger charge is -2.20. The Balaban J connectivity index is 1.49. The summed E-state index contributed by atoms with van der Waals surface area (Å²) in [6, 6.07) is 6.73. The van der Waals surface area contributed by atoms with E-state index in [9.17, 15) is 4.79 Å². The van der Waals surface area contributed by atoms with E-state index in [1.807, 2.05) is 0 Å². The molecule has 24 heavy (non-hydrogen) atoms. The van der Waals surface area contributed by atoms with Crippen molar-refractivity contribution in [3.8, 4) is 0 Å². The molecule has 1 aliphatic carbocycles. The average Bonchev–Trinajstić information content (AvgIpc) is 3.14. The molecule has 2 aliphatic rings. The summed E-state index contributed by atoms with van der Waals surface area (Å²) in [7, 11) is 0. The maximum Gasteiger partial charge on any atom is 0.230 e. The zero-order valence-electron chi connectivity index (χ0n) is 14.3. The summed E-state index contributed by atoms with van der Waals surface area (Å²) in [5.41, 5.74) is 4.15. The van der Waals surface area contributed by atoms with E-state index in [0.717, 1.165) is 17.4 Å². The minimum absolute atomic E-state index is 0.0469. The molecule has 1 heterocycles. The van der Waals surface area contributed by atoms with Crippen LogP contribution in [0.1, 0.15) is 55.3 Å². The molecule has 0 aromatic heterocycles. The number of likely N-dealkylation sites (tertiary alicyclic amines) is 1. The quantitative estimate of drug-likeness (QED) is 0.825. The van der Waals surface area contributed by atoms with E-state index in [0.29, 0.717) is 5.75 Å². The Labute approximate surface area is 154 Å². The van der Waals surface area contributed by atoms with E-state index in [-0.39, 0.29) is 11.9 Å². The lowest BCUT2D eigenvalue weighted by atomic mass is 9.89. The van der Waals surface area contributed by atoms with Crippen LogP contribution in [0.5, 0.6) is 0 Å². The molecule has 3 rings (SSSR count). The number of rotatable bonds is 4. The predicted octanol–water partition coefficient (Wildman–Crippen LogP) is 3.86.